The fourth-order valence-corrected chi connectivity index (χ4v) is 3.89. The second-order valence-corrected chi connectivity index (χ2v) is 7.67. The number of likely N-dealkylation sites (N-methyl/N-ethyl adjacent to an activating group) is 1. The predicted molar refractivity (Wildman–Crippen MR) is 111 cm³/mol. The van der Waals surface area contributed by atoms with E-state index in [0.717, 1.165) is 11.8 Å². The van der Waals surface area contributed by atoms with Crippen LogP contribution in [0.25, 0.3) is 11.0 Å². The Kier molecular flexibility index (Phi) is 6.12. The van der Waals surface area contributed by atoms with Crippen LogP contribution in [-0.2, 0) is 9.59 Å². The summed E-state index contributed by atoms with van der Waals surface area (Å²) in [4.78, 5) is 39.0. The smallest absolute Gasteiger partial charge is 0.348 e. The maximum Gasteiger partial charge on any atom is 0.348 e. The lowest BCUT2D eigenvalue weighted by Crippen LogP contribution is -2.53. The number of halogens is 1. The monoisotopic (exact) mass is 431 g/mol. The number of amides is 1. The number of nitrogens with two attached hydrogens (primary N) is 1. The summed E-state index contributed by atoms with van der Waals surface area (Å²) in [5.41, 5.74) is 5.48. The number of nitrogens with zero attached hydrogens (tertiary/aromatic N) is 5. The zero-order valence-electron chi connectivity index (χ0n) is 16.6. The molecule has 2 atom stereocenters. The van der Waals surface area contributed by atoms with E-state index in [9.17, 15) is 9.59 Å². The number of nitrogens with one attached hydrogen (secondary N) is 1. The number of carboxylic acid groups (broad SMARTS) is 1. The van der Waals surface area contributed by atoms with Gasteiger partial charge in [0.25, 0.3) is 0 Å². The second-order valence-electron chi connectivity index (χ2n) is 7.33. The number of rotatable bonds is 5. The van der Waals surface area contributed by atoms with Gasteiger partial charge in [0.2, 0.25) is 11.2 Å². The number of aromatic amines is 1. The first-order valence-electron chi connectivity index (χ1n) is 9.36. The highest BCUT2D eigenvalue weighted by molar-refractivity contribution is 6.28. The highest BCUT2D eigenvalue weighted by Gasteiger charge is 2.33. The number of hydrogen-bond acceptors (Lipinski definition) is 7. The summed E-state index contributed by atoms with van der Waals surface area (Å²) in [5.74, 6) is -0.832. The molecule has 4 N–H and O–H groups in total. The van der Waals surface area contributed by atoms with E-state index in [2.05, 4.69) is 21.9 Å². The first-order valence-corrected chi connectivity index (χ1v) is 9.74. The minimum absolute atomic E-state index is 0.0492. The number of aromatic nitrogens is 3. The van der Waals surface area contributed by atoms with E-state index in [4.69, 9.17) is 27.7 Å². The summed E-state index contributed by atoms with van der Waals surface area (Å²) in [7, 11) is 1.90. The number of carbonyl (C=O) groups excluding carboxylic acids is 1. The Hall–Kier alpha value is -3.32. The van der Waals surface area contributed by atoms with Gasteiger partial charge in [0, 0.05) is 32.0 Å². The number of carbonyl (C=O) groups is 2. The van der Waals surface area contributed by atoms with Crippen molar-refractivity contribution in [3.05, 3.63) is 28.8 Å². The van der Waals surface area contributed by atoms with Gasteiger partial charge < -0.3 is 25.6 Å². The van der Waals surface area contributed by atoms with Crippen LogP contribution in [0.15, 0.2) is 23.5 Å². The van der Waals surface area contributed by atoms with Crippen LogP contribution in [-0.4, -0.2) is 63.0 Å². The first-order chi connectivity index (χ1) is 14.2. The number of nitriles is 1. The largest absolute Gasteiger partial charge is 0.477 e. The van der Waals surface area contributed by atoms with Crippen molar-refractivity contribution in [1.82, 2.24) is 19.9 Å². The molecule has 2 aromatic rings. The lowest BCUT2D eigenvalue weighted by Gasteiger charge is -2.42. The Morgan fingerprint density at radius 2 is 2.23 bits per heavy atom. The van der Waals surface area contributed by atoms with E-state index in [1.54, 1.807) is 11.1 Å². The van der Waals surface area contributed by atoms with Crippen molar-refractivity contribution in [3.63, 3.8) is 0 Å². The molecular formula is C19H22ClN7O3. The molecule has 10 nitrogen and oxygen atoms in total. The predicted octanol–water partition coefficient (Wildman–Crippen LogP) is 1.50. The van der Waals surface area contributed by atoms with E-state index in [0.29, 0.717) is 24.6 Å². The van der Waals surface area contributed by atoms with Gasteiger partial charge in [-0.25, -0.2) is 4.79 Å². The Balaban J connectivity index is 1.81. The van der Waals surface area contributed by atoms with Gasteiger partial charge in [-0.3, -0.25) is 4.79 Å². The molecule has 1 aliphatic heterocycles. The highest BCUT2D eigenvalue weighted by Crippen LogP contribution is 2.30. The van der Waals surface area contributed by atoms with Crippen molar-refractivity contribution in [2.45, 2.75) is 25.8 Å². The SMILES string of the molecule is C[C@@H]1CCN(C(=O)C/C(N)=C(/C#N)C(=O)O)C[C@@H]1N(C)c1nc(Cl)nc2[nH]ccc12. The molecular weight excluding hydrogens is 410 g/mol. The summed E-state index contributed by atoms with van der Waals surface area (Å²) in [6.07, 6.45) is 2.20. The van der Waals surface area contributed by atoms with Gasteiger partial charge in [0.15, 0.2) is 5.57 Å². The summed E-state index contributed by atoms with van der Waals surface area (Å²) < 4.78 is 0. The molecule has 158 valence electrons. The van der Waals surface area contributed by atoms with Crippen LogP contribution in [0.1, 0.15) is 19.8 Å². The summed E-state index contributed by atoms with van der Waals surface area (Å²) in [5, 5.41) is 18.9. The number of likely N-dealkylation sites (tertiary alicyclic amines) is 1. The third kappa shape index (κ3) is 4.16. The normalized spacial score (nSPS) is 19.9. The molecule has 1 amide bonds. The molecule has 1 fully saturated rings. The molecule has 0 aliphatic carbocycles. The lowest BCUT2D eigenvalue weighted by molar-refractivity contribution is -0.132. The first kappa shape index (κ1) is 21.4. The van der Waals surface area contributed by atoms with Crippen molar-refractivity contribution in [2.24, 2.45) is 11.7 Å². The second kappa shape index (κ2) is 8.59. The van der Waals surface area contributed by atoms with Crippen LogP contribution in [0.4, 0.5) is 5.82 Å². The number of hydrogen-bond donors (Lipinski definition) is 3. The maximum atomic E-state index is 12.7. The molecule has 0 saturated carbocycles. The molecule has 0 bridgehead atoms. The zero-order valence-corrected chi connectivity index (χ0v) is 17.3. The van der Waals surface area contributed by atoms with Crippen molar-refractivity contribution >= 4 is 40.3 Å². The average molecular weight is 432 g/mol. The standard InChI is InChI=1S/C19H22ClN7O3/c1-10-4-6-27(15(28)7-13(22)12(8-21)18(29)30)9-14(10)26(2)17-11-3-5-23-16(11)24-19(20)25-17/h3,5,10,14H,4,6-7,9,22H2,1-2H3,(H,29,30)(H,23,24,25)/b13-12+/t10-,14+/m1/s1. The van der Waals surface area contributed by atoms with Gasteiger partial charge in [0.1, 0.15) is 17.5 Å². The van der Waals surface area contributed by atoms with Crippen LogP contribution < -0.4 is 10.6 Å². The van der Waals surface area contributed by atoms with Gasteiger partial charge in [0.05, 0.1) is 17.8 Å². The molecule has 0 spiro atoms. The molecule has 3 rings (SSSR count). The van der Waals surface area contributed by atoms with Gasteiger partial charge in [-0.15, -0.1) is 0 Å². The number of fused-ring (bicyclic) bond motifs is 1. The third-order valence-electron chi connectivity index (χ3n) is 5.46. The van der Waals surface area contributed by atoms with Gasteiger partial charge in [-0.1, -0.05) is 6.92 Å². The number of anilines is 1. The van der Waals surface area contributed by atoms with Crippen molar-refractivity contribution in [2.75, 3.05) is 25.0 Å². The average Bonchev–Trinajstić information content (AvgIpc) is 3.15. The minimum atomic E-state index is -1.44. The number of piperidine rings is 1. The van der Waals surface area contributed by atoms with E-state index >= 15 is 0 Å². The Labute approximate surface area is 177 Å². The number of aliphatic carboxylic acids is 1. The zero-order chi connectivity index (χ0) is 22.0. The van der Waals surface area contributed by atoms with E-state index in [1.807, 2.05) is 18.0 Å². The highest BCUT2D eigenvalue weighted by atomic mass is 35.5. The molecule has 0 aromatic carbocycles. The van der Waals surface area contributed by atoms with E-state index in [1.165, 1.54) is 6.07 Å². The summed E-state index contributed by atoms with van der Waals surface area (Å²) in [6, 6.07) is 3.35. The van der Waals surface area contributed by atoms with Crippen LogP contribution >= 0.6 is 11.6 Å². The van der Waals surface area contributed by atoms with Crippen molar-refractivity contribution in [1.29, 1.82) is 5.26 Å². The molecule has 0 unspecified atom stereocenters. The molecule has 1 saturated heterocycles. The van der Waals surface area contributed by atoms with Crippen molar-refractivity contribution in [3.8, 4) is 6.07 Å². The quantitative estimate of drug-likeness (QED) is 0.365. The number of H-pyrrole nitrogens is 1. The van der Waals surface area contributed by atoms with Crippen LogP contribution in [0, 0.1) is 17.2 Å². The van der Waals surface area contributed by atoms with Gasteiger partial charge >= 0.3 is 5.97 Å². The van der Waals surface area contributed by atoms with Crippen molar-refractivity contribution < 1.29 is 14.7 Å². The fraction of sp³-hybridized carbons (Fsp3) is 0.421. The summed E-state index contributed by atoms with van der Waals surface area (Å²) in [6.45, 7) is 3.04. The third-order valence-corrected chi connectivity index (χ3v) is 5.63. The topological polar surface area (TPSA) is 152 Å². The minimum Gasteiger partial charge on any atom is -0.477 e. The Morgan fingerprint density at radius 3 is 2.90 bits per heavy atom. The molecule has 2 aromatic heterocycles. The van der Waals surface area contributed by atoms with E-state index < -0.39 is 11.5 Å². The Bertz CT molecular complexity index is 1060. The summed E-state index contributed by atoms with van der Waals surface area (Å²) >= 11 is 6.08. The number of carboxylic acids is 1. The Morgan fingerprint density at radius 1 is 1.50 bits per heavy atom. The maximum absolute atomic E-state index is 12.7. The van der Waals surface area contributed by atoms with Gasteiger partial charge in [-0.2, -0.15) is 15.2 Å². The molecule has 30 heavy (non-hydrogen) atoms. The lowest BCUT2D eigenvalue weighted by atomic mass is 9.92. The molecule has 0 radical (unpaired) electrons. The van der Waals surface area contributed by atoms with E-state index in [-0.39, 0.29) is 35.3 Å². The van der Waals surface area contributed by atoms with Crippen LogP contribution in [0.2, 0.25) is 5.28 Å². The van der Waals surface area contributed by atoms with Crippen LogP contribution in [0.5, 0.6) is 0 Å². The molecule has 1 aliphatic rings. The molecule has 11 heteroatoms. The van der Waals surface area contributed by atoms with Crippen LogP contribution in [0.3, 0.4) is 0 Å². The van der Waals surface area contributed by atoms with Gasteiger partial charge in [-0.05, 0) is 30.0 Å². The fourth-order valence-electron chi connectivity index (χ4n) is 3.72. The molecule has 3 heterocycles.